The van der Waals surface area contributed by atoms with Gasteiger partial charge in [0.1, 0.15) is 5.82 Å². The molecular weight excluding hydrogens is 241 g/mol. The Hall–Kier alpha value is -2.16. The van der Waals surface area contributed by atoms with Crippen molar-refractivity contribution in [3.8, 4) is 0 Å². The Morgan fingerprint density at radius 1 is 1.16 bits per heavy atom. The van der Waals surface area contributed by atoms with Crippen LogP contribution in [0.3, 0.4) is 0 Å². The minimum Gasteiger partial charge on any atom is -0.398 e. The van der Waals surface area contributed by atoms with Gasteiger partial charge >= 0.3 is 0 Å². The molecular formula is C16H16FNO. The van der Waals surface area contributed by atoms with Gasteiger partial charge in [0.05, 0.1) is 0 Å². The zero-order valence-electron chi connectivity index (χ0n) is 11.0. The monoisotopic (exact) mass is 257 g/mol. The van der Waals surface area contributed by atoms with Gasteiger partial charge in [0.2, 0.25) is 0 Å². The second-order valence-corrected chi connectivity index (χ2v) is 4.76. The third-order valence-corrected chi connectivity index (χ3v) is 3.16. The van der Waals surface area contributed by atoms with Gasteiger partial charge in [-0.25, -0.2) is 4.39 Å². The molecule has 2 nitrogen and oxygen atoms in total. The third kappa shape index (κ3) is 2.99. The highest BCUT2D eigenvalue weighted by Crippen LogP contribution is 2.18. The van der Waals surface area contributed by atoms with Crippen molar-refractivity contribution < 1.29 is 9.18 Å². The minimum absolute atomic E-state index is 0.0455. The van der Waals surface area contributed by atoms with E-state index in [1.807, 2.05) is 13.0 Å². The fraction of sp³-hybridized carbons (Fsp3) is 0.188. The molecule has 2 aromatic rings. The zero-order valence-corrected chi connectivity index (χ0v) is 11.0. The number of nitrogen functional groups attached to an aromatic ring is 1. The summed E-state index contributed by atoms with van der Waals surface area (Å²) in [5.74, 6) is -0.334. The molecule has 2 N–H and O–H groups in total. The van der Waals surface area contributed by atoms with Crippen LogP contribution >= 0.6 is 0 Å². The Labute approximate surface area is 112 Å². The minimum atomic E-state index is -0.288. The molecule has 0 spiro atoms. The zero-order chi connectivity index (χ0) is 14.0. The second-order valence-electron chi connectivity index (χ2n) is 4.76. The van der Waals surface area contributed by atoms with Crippen molar-refractivity contribution in [2.45, 2.75) is 20.3 Å². The molecule has 0 radical (unpaired) electrons. The molecule has 0 aromatic heterocycles. The predicted molar refractivity (Wildman–Crippen MR) is 74.8 cm³/mol. The van der Waals surface area contributed by atoms with Gasteiger partial charge in [0.15, 0.2) is 5.78 Å². The molecule has 0 aliphatic carbocycles. The summed E-state index contributed by atoms with van der Waals surface area (Å²) in [7, 11) is 0. The highest BCUT2D eigenvalue weighted by molar-refractivity contribution is 6.02. The summed E-state index contributed by atoms with van der Waals surface area (Å²) in [6.45, 7) is 3.71. The molecule has 0 saturated heterocycles. The molecule has 0 saturated carbocycles. The Kier molecular flexibility index (Phi) is 3.65. The normalized spacial score (nSPS) is 10.5. The van der Waals surface area contributed by atoms with Crippen LogP contribution in [0.1, 0.15) is 27.0 Å². The summed E-state index contributed by atoms with van der Waals surface area (Å²) in [6, 6.07) is 9.85. The van der Waals surface area contributed by atoms with Crippen LogP contribution in [0.15, 0.2) is 36.4 Å². The van der Waals surface area contributed by atoms with Crippen molar-refractivity contribution in [1.82, 2.24) is 0 Å². The van der Waals surface area contributed by atoms with Crippen LogP contribution in [0.4, 0.5) is 10.1 Å². The van der Waals surface area contributed by atoms with Gasteiger partial charge < -0.3 is 5.73 Å². The lowest BCUT2D eigenvalue weighted by molar-refractivity contribution is 0.0993. The number of halogens is 1. The number of hydrogen-bond acceptors (Lipinski definition) is 2. The van der Waals surface area contributed by atoms with Crippen LogP contribution in [0.5, 0.6) is 0 Å². The van der Waals surface area contributed by atoms with Crippen LogP contribution in [0.2, 0.25) is 0 Å². The Bertz CT molecular complexity index is 635. The first-order chi connectivity index (χ1) is 8.97. The van der Waals surface area contributed by atoms with E-state index in [-0.39, 0.29) is 18.0 Å². The van der Waals surface area contributed by atoms with Crippen LogP contribution in [0, 0.1) is 19.7 Å². The number of anilines is 1. The average Bonchev–Trinajstić information content (AvgIpc) is 2.35. The molecule has 19 heavy (non-hydrogen) atoms. The fourth-order valence-electron chi connectivity index (χ4n) is 2.04. The highest BCUT2D eigenvalue weighted by atomic mass is 19.1. The largest absolute Gasteiger partial charge is 0.398 e. The summed E-state index contributed by atoms with van der Waals surface area (Å²) in [4.78, 5) is 12.3. The van der Waals surface area contributed by atoms with Crippen LogP contribution in [0.25, 0.3) is 0 Å². The van der Waals surface area contributed by atoms with Crippen molar-refractivity contribution >= 4 is 11.5 Å². The molecule has 0 fully saturated rings. The van der Waals surface area contributed by atoms with Crippen LogP contribution in [-0.2, 0) is 6.42 Å². The summed E-state index contributed by atoms with van der Waals surface area (Å²) in [5.41, 5.74) is 9.44. The predicted octanol–water partition coefficient (Wildman–Crippen LogP) is 3.45. The Morgan fingerprint density at radius 3 is 2.58 bits per heavy atom. The van der Waals surface area contributed by atoms with Gasteiger partial charge in [0, 0.05) is 17.7 Å². The van der Waals surface area contributed by atoms with Gasteiger partial charge in [-0.3, -0.25) is 4.79 Å². The number of nitrogens with two attached hydrogens (primary N) is 1. The molecule has 2 aromatic carbocycles. The molecule has 3 heteroatoms. The lowest BCUT2D eigenvalue weighted by Crippen LogP contribution is -2.08. The van der Waals surface area contributed by atoms with Gasteiger partial charge in [-0.15, -0.1) is 0 Å². The number of carbonyl (C=O) groups is 1. The van der Waals surface area contributed by atoms with Crippen molar-refractivity contribution in [1.29, 1.82) is 0 Å². The lowest BCUT2D eigenvalue weighted by Gasteiger charge is -2.08. The molecule has 0 aliphatic rings. The molecule has 0 amide bonds. The number of hydrogen-bond donors (Lipinski definition) is 1. The number of carbonyl (C=O) groups excluding carboxylic acids is 1. The number of aryl methyl sites for hydroxylation is 2. The number of benzene rings is 2. The number of ketones is 1. The van der Waals surface area contributed by atoms with E-state index < -0.39 is 0 Å². The maximum Gasteiger partial charge on any atom is 0.169 e. The average molecular weight is 257 g/mol. The van der Waals surface area contributed by atoms with Crippen molar-refractivity contribution in [3.05, 3.63) is 64.5 Å². The van der Waals surface area contributed by atoms with E-state index in [1.165, 1.54) is 12.1 Å². The van der Waals surface area contributed by atoms with Gasteiger partial charge in [-0.2, -0.15) is 0 Å². The molecule has 2 rings (SSSR count). The van der Waals surface area contributed by atoms with E-state index in [0.717, 1.165) is 16.7 Å². The molecule has 0 heterocycles. The van der Waals surface area contributed by atoms with E-state index in [4.69, 9.17) is 5.73 Å². The SMILES string of the molecule is Cc1ccc(N)c(C(=O)Cc2ccc(F)cc2C)c1. The summed E-state index contributed by atoms with van der Waals surface area (Å²) >= 11 is 0. The molecule has 0 unspecified atom stereocenters. The summed E-state index contributed by atoms with van der Waals surface area (Å²) in [5, 5.41) is 0. The van der Waals surface area contributed by atoms with Gasteiger partial charge in [-0.05, 0) is 49.2 Å². The topological polar surface area (TPSA) is 43.1 Å². The van der Waals surface area contributed by atoms with Gasteiger partial charge in [0.25, 0.3) is 0 Å². The molecule has 0 bridgehead atoms. The van der Waals surface area contributed by atoms with Gasteiger partial charge in [-0.1, -0.05) is 17.7 Å². The Balaban J connectivity index is 2.28. The maximum absolute atomic E-state index is 13.0. The van der Waals surface area contributed by atoms with Crippen molar-refractivity contribution in [2.75, 3.05) is 5.73 Å². The standard InChI is InChI=1S/C16H16FNO/c1-10-3-6-15(18)14(7-10)16(19)9-12-4-5-13(17)8-11(12)2/h3-8H,9,18H2,1-2H3. The summed E-state index contributed by atoms with van der Waals surface area (Å²) < 4.78 is 13.0. The van der Waals surface area contributed by atoms with E-state index >= 15 is 0 Å². The molecule has 0 aliphatic heterocycles. The van der Waals surface area contributed by atoms with Crippen molar-refractivity contribution in [3.63, 3.8) is 0 Å². The number of Topliss-reactive ketones (excluding diaryl/α,β-unsaturated/α-hetero) is 1. The van der Waals surface area contributed by atoms with E-state index in [9.17, 15) is 9.18 Å². The number of rotatable bonds is 3. The highest BCUT2D eigenvalue weighted by Gasteiger charge is 2.12. The first-order valence-corrected chi connectivity index (χ1v) is 6.11. The Morgan fingerprint density at radius 2 is 1.89 bits per heavy atom. The van der Waals surface area contributed by atoms with E-state index in [0.29, 0.717) is 11.3 Å². The summed E-state index contributed by atoms with van der Waals surface area (Å²) in [6.07, 6.45) is 0.236. The van der Waals surface area contributed by atoms with E-state index in [2.05, 4.69) is 0 Å². The fourth-order valence-corrected chi connectivity index (χ4v) is 2.04. The first kappa shape index (κ1) is 13.3. The molecule has 98 valence electrons. The van der Waals surface area contributed by atoms with Crippen LogP contribution < -0.4 is 5.73 Å². The maximum atomic E-state index is 13.0. The van der Waals surface area contributed by atoms with Crippen LogP contribution in [-0.4, -0.2) is 5.78 Å². The lowest BCUT2D eigenvalue weighted by atomic mass is 9.97. The smallest absolute Gasteiger partial charge is 0.169 e. The third-order valence-electron chi connectivity index (χ3n) is 3.16. The first-order valence-electron chi connectivity index (χ1n) is 6.11. The van der Waals surface area contributed by atoms with Crippen molar-refractivity contribution in [2.24, 2.45) is 0 Å². The second kappa shape index (κ2) is 5.22. The quantitative estimate of drug-likeness (QED) is 0.676. The molecule has 0 atom stereocenters. The van der Waals surface area contributed by atoms with E-state index in [1.54, 1.807) is 25.1 Å².